The molecule has 0 spiro atoms. The molecule has 134 valence electrons. The summed E-state index contributed by atoms with van der Waals surface area (Å²) >= 11 is 0. The number of nitro groups is 2. The molecule has 1 aliphatic heterocycles. The van der Waals surface area contributed by atoms with Gasteiger partial charge in [0.15, 0.2) is 0 Å². The van der Waals surface area contributed by atoms with E-state index >= 15 is 0 Å². The van der Waals surface area contributed by atoms with Crippen molar-refractivity contribution in [3.05, 3.63) is 44.0 Å². The maximum atomic E-state index is 13.0. The van der Waals surface area contributed by atoms with Crippen LogP contribution in [0.3, 0.4) is 0 Å². The highest BCUT2D eigenvalue weighted by Crippen LogP contribution is 2.52. The summed E-state index contributed by atoms with van der Waals surface area (Å²) < 4.78 is 0. The summed E-state index contributed by atoms with van der Waals surface area (Å²) in [6.07, 6.45) is 2.78. The number of nitro benzene ring substituents is 2. The fourth-order valence-electron chi connectivity index (χ4n) is 4.79. The van der Waals surface area contributed by atoms with E-state index in [-0.39, 0.29) is 28.3 Å². The lowest BCUT2D eigenvalue weighted by molar-refractivity contribution is -0.394. The van der Waals surface area contributed by atoms with Gasteiger partial charge in [0.2, 0.25) is 0 Å². The second-order valence-electron chi connectivity index (χ2n) is 8.40. The van der Waals surface area contributed by atoms with Gasteiger partial charge >= 0.3 is 0 Å². The third-order valence-electron chi connectivity index (χ3n) is 5.25. The van der Waals surface area contributed by atoms with Crippen molar-refractivity contribution in [1.82, 2.24) is 4.90 Å². The topological polar surface area (TPSA) is 107 Å². The molecular weight excluding hydrogens is 326 g/mol. The van der Waals surface area contributed by atoms with Gasteiger partial charge in [0.05, 0.1) is 21.5 Å². The van der Waals surface area contributed by atoms with Crippen LogP contribution in [0.1, 0.15) is 50.4 Å². The molecule has 2 atom stereocenters. The monoisotopic (exact) mass is 347 g/mol. The van der Waals surface area contributed by atoms with Crippen LogP contribution in [0, 0.1) is 31.1 Å². The summed E-state index contributed by atoms with van der Waals surface area (Å²) in [5.74, 6) is -0.363. The average molecular weight is 347 g/mol. The van der Waals surface area contributed by atoms with E-state index < -0.39 is 21.2 Å². The molecule has 0 aromatic heterocycles. The molecule has 1 amide bonds. The number of carbonyl (C=O) groups excluding carboxylic acids is 1. The summed E-state index contributed by atoms with van der Waals surface area (Å²) in [6, 6.07) is 3.21. The fourth-order valence-corrected chi connectivity index (χ4v) is 4.79. The minimum Gasteiger partial charge on any atom is -0.335 e. The largest absolute Gasteiger partial charge is 0.335 e. The number of carbonyl (C=O) groups is 1. The Kier molecular flexibility index (Phi) is 3.81. The van der Waals surface area contributed by atoms with Gasteiger partial charge in [-0.25, -0.2) is 0 Å². The number of rotatable bonds is 3. The smallest absolute Gasteiger partial charge is 0.277 e. The quantitative estimate of drug-likeness (QED) is 0.614. The maximum absolute atomic E-state index is 13.0. The lowest BCUT2D eigenvalue weighted by Crippen LogP contribution is -2.37. The molecule has 2 bridgehead atoms. The van der Waals surface area contributed by atoms with Crippen molar-refractivity contribution in [1.29, 1.82) is 0 Å². The first kappa shape index (κ1) is 17.3. The third-order valence-corrected chi connectivity index (χ3v) is 5.25. The lowest BCUT2D eigenvalue weighted by atomic mass is 9.65. The van der Waals surface area contributed by atoms with E-state index in [1.165, 1.54) is 0 Å². The van der Waals surface area contributed by atoms with Crippen molar-refractivity contribution in [2.45, 2.75) is 46.1 Å². The number of non-ortho nitro benzene ring substituents is 2. The normalized spacial score (nSPS) is 27.2. The molecule has 3 rings (SSSR count). The highest BCUT2D eigenvalue weighted by Gasteiger charge is 2.51. The fraction of sp³-hybridized carbons (Fsp3) is 0.588. The van der Waals surface area contributed by atoms with E-state index in [0.717, 1.165) is 37.5 Å². The van der Waals surface area contributed by atoms with Gasteiger partial charge < -0.3 is 4.90 Å². The molecule has 1 aliphatic carbocycles. The highest BCUT2D eigenvalue weighted by atomic mass is 16.6. The van der Waals surface area contributed by atoms with Gasteiger partial charge in [0.1, 0.15) is 0 Å². The first-order valence-electron chi connectivity index (χ1n) is 8.25. The Balaban J connectivity index is 1.96. The number of hydrogen-bond donors (Lipinski definition) is 0. The van der Waals surface area contributed by atoms with Gasteiger partial charge in [-0.2, -0.15) is 0 Å². The van der Waals surface area contributed by atoms with Crippen LogP contribution in [0.2, 0.25) is 0 Å². The molecule has 8 heteroatoms. The zero-order valence-corrected chi connectivity index (χ0v) is 14.5. The second-order valence-corrected chi connectivity index (χ2v) is 8.40. The Morgan fingerprint density at radius 2 is 1.64 bits per heavy atom. The van der Waals surface area contributed by atoms with Crippen molar-refractivity contribution >= 4 is 17.3 Å². The summed E-state index contributed by atoms with van der Waals surface area (Å²) in [5.41, 5.74) is -0.719. The van der Waals surface area contributed by atoms with Crippen LogP contribution in [0.25, 0.3) is 0 Å². The molecule has 1 aromatic rings. The van der Waals surface area contributed by atoms with Crippen LogP contribution in [0.15, 0.2) is 18.2 Å². The van der Waals surface area contributed by atoms with E-state index in [4.69, 9.17) is 0 Å². The van der Waals surface area contributed by atoms with Crippen molar-refractivity contribution in [3.8, 4) is 0 Å². The first-order valence-corrected chi connectivity index (χ1v) is 8.25. The number of benzene rings is 1. The van der Waals surface area contributed by atoms with Gasteiger partial charge in [0.25, 0.3) is 17.3 Å². The standard InChI is InChI=1S/C17H21N3O5/c1-16(2)7-14-8-17(3,9-16)10-18(14)15(21)11-4-12(19(22)23)6-13(5-11)20(24)25/h4-6,14H,7-10H2,1-3H3. The number of amides is 1. The Hall–Kier alpha value is -2.51. The molecule has 0 N–H and O–H groups in total. The molecule has 1 saturated carbocycles. The van der Waals surface area contributed by atoms with Crippen LogP contribution in [-0.4, -0.2) is 33.2 Å². The summed E-state index contributed by atoms with van der Waals surface area (Å²) in [5, 5.41) is 22.1. The van der Waals surface area contributed by atoms with Crippen molar-refractivity contribution < 1.29 is 14.6 Å². The molecule has 25 heavy (non-hydrogen) atoms. The Morgan fingerprint density at radius 1 is 1.08 bits per heavy atom. The third kappa shape index (κ3) is 3.20. The Bertz CT molecular complexity index is 743. The molecule has 0 radical (unpaired) electrons. The van der Waals surface area contributed by atoms with Gasteiger partial charge in [-0.1, -0.05) is 20.8 Å². The number of hydrogen-bond acceptors (Lipinski definition) is 5. The number of likely N-dealkylation sites (tertiary alicyclic amines) is 1. The van der Waals surface area contributed by atoms with Crippen LogP contribution in [0.5, 0.6) is 0 Å². The molecule has 1 heterocycles. The molecule has 1 aromatic carbocycles. The Morgan fingerprint density at radius 3 is 2.16 bits per heavy atom. The molecule has 8 nitrogen and oxygen atoms in total. The van der Waals surface area contributed by atoms with Crippen molar-refractivity contribution in [2.75, 3.05) is 6.54 Å². The van der Waals surface area contributed by atoms with E-state index in [1.54, 1.807) is 4.90 Å². The van der Waals surface area contributed by atoms with Crippen LogP contribution in [0.4, 0.5) is 11.4 Å². The summed E-state index contributed by atoms with van der Waals surface area (Å²) in [7, 11) is 0. The minimum atomic E-state index is -0.712. The summed E-state index contributed by atoms with van der Waals surface area (Å²) in [6.45, 7) is 7.10. The SMILES string of the molecule is CC1(C)CC2CC(C)(CN2C(=O)c2cc([N+](=O)[O-])cc([N+](=O)[O-])c2)C1. The van der Waals surface area contributed by atoms with Gasteiger partial charge in [-0.15, -0.1) is 0 Å². The van der Waals surface area contributed by atoms with Crippen LogP contribution >= 0.6 is 0 Å². The van der Waals surface area contributed by atoms with Gasteiger partial charge in [-0.05, 0) is 30.1 Å². The molecule has 1 saturated heterocycles. The van der Waals surface area contributed by atoms with E-state index in [9.17, 15) is 25.0 Å². The van der Waals surface area contributed by atoms with Crippen LogP contribution in [-0.2, 0) is 0 Å². The second kappa shape index (κ2) is 5.50. The van der Waals surface area contributed by atoms with Crippen LogP contribution < -0.4 is 0 Å². The molecule has 2 aliphatic rings. The molecule has 2 fully saturated rings. The number of nitrogens with zero attached hydrogens (tertiary/aromatic N) is 3. The number of fused-ring (bicyclic) bond motifs is 2. The molecular formula is C17H21N3O5. The van der Waals surface area contributed by atoms with Gasteiger partial charge in [-0.3, -0.25) is 25.0 Å². The zero-order valence-electron chi connectivity index (χ0n) is 14.5. The van der Waals surface area contributed by atoms with Crippen molar-refractivity contribution in [2.24, 2.45) is 10.8 Å². The van der Waals surface area contributed by atoms with Crippen molar-refractivity contribution in [3.63, 3.8) is 0 Å². The summed E-state index contributed by atoms with van der Waals surface area (Å²) in [4.78, 5) is 35.4. The lowest BCUT2D eigenvalue weighted by Gasteiger charge is -2.39. The minimum absolute atomic E-state index is 0.00913. The Labute approximate surface area is 145 Å². The predicted molar refractivity (Wildman–Crippen MR) is 90.3 cm³/mol. The van der Waals surface area contributed by atoms with Gasteiger partial charge in [0, 0.05) is 24.7 Å². The predicted octanol–water partition coefficient (Wildman–Crippen LogP) is 3.54. The van der Waals surface area contributed by atoms with E-state index in [2.05, 4.69) is 20.8 Å². The first-order chi connectivity index (χ1) is 11.5. The highest BCUT2D eigenvalue weighted by molar-refractivity contribution is 5.96. The average Bonchev–Trinajstić information content (AvgIpc) is 2.74. The van der Waals surface area contributed by atoms with E-state index in [0.29, 0.717) is 6.54 Å². The van der Waals surface area contributed by atoms with E-state index in [1.807, 2.05) is 0 Å². The molecule has 2 unspecified atom stereocenters. The maximum Gasteiger partial charge on any atom is 0.277 e. The zero-order chi connectivity index (χ0) is 18.6.